The molecule has 58 heavy (non-hydrogen) atoms. The molecule has 0 amide bonds. The summed E-state index contributed by atoms with van der Waals surface area (Å²) in [5.74, 6) is 0. The molecule has 0 aromatic heterocycles. The van der Waals surface area contributed by atoms with Crippen molar-refractivity contribution in [3.63, 3.8) is 0 Å². The second kappa shape index (κ2) is 17.7. The molecule has 7 aromatic rings. The van der Waals surface area contributed by atoms with Gasteiger partial charge in [0.15, 0.2) is 0 Å². The molecule has 0 saturated carbocycles. The molecule has 1 aliphatic rings. The van der Waals surface area contributed by atoms with Crippen molar-refractivity contribution in [1.29, 1.82) is 0 Å². The van der Waals surface area contributed by atoms with Gasteiger partial charge in [0.2, 0.25) is 0 Å². The van der Waals surface area contributed by atoms with Crippen LogP contribution in [0, 0.1) is 6.07 Å². The van der Waals surface area contributed by atoms with Crippen molar-refractivity contribution >= 4 is 3.21 Å². The predicted molar refractivity (Wildman–Crippen MR) is 248 cm³/mol. The molecule has 0 saturated heterocycles. The van der Waals surface area contributed by atoms with E-state index in [1.165, 1.54) is 91.0 Å². The number of fused-ring (bicyclic) bond motifs is 3. The van der Waals surface area contributed by atoms with Crippen molar-refractivity contribution < 1.29 is 24.2 Å². The molecule has 0 spiro atoms. The Balaban J connectivity index is 0.000000191. The molecule has 0 bridgehead atoms. The van der Waals surface area contributed by atoms with Gasteiger partial charge in [-0.2, -0.15) is 18.2 Å². The van der Waals surface area contributed by atoms with Gasteiger partial charge in [0, 0.05) is 0 Å². The molecule has 292 valence electrons. The largest absolute Gasteiger partial charge is 0.214 e. The molecule has 0 unspecified atom stereocenters. The van der Waals surface area contributed by atoms with E-state index >= 15 is 0 Å². The van der Waals surface area contributed by atoms with Crippen LogP contribution in [0.25, 0.3) is 33.4 Å². The summed E-state index contributed by atoms with van der Waals surface area (Å²) < 4.78 is 1.58. The third-order valence-corrected chi connectivity index (χ3v) is 14.7. The molecule has 0 radical (unpaired) electrons. The van der Waals surface area contributed by atoms with Crippen molar-refractivity contribution in [2.24, 2.45) is 0 Å². The van der Waals surface area contributed by atoms with E-state index in [2.05, 4.69) is 215 Å². The summed E-state index contributed by atoms with van der Waals surface area (Å²) in [6, 6.07) is 64.5. The van der Waals surface area contributed by atoms with E-state index in [1.807, 2.05) is 30.3 Å². The van der Waals surface area contributed by atoms with Crippen LogP contribution in [-0.4, -0.2) is 3.21 Å². The molecule has 8 rings (SSSR count). The third-order valence-electron chi connectivity index (χ3n) is 11.6. The average Bonchev–Trinajstić information content (AvgIpc) is 3.93. The van der Waals surface area contributed by atoms with Gasteiger partial charge in [-0.15, -0.1) is 28.8 Å². The number of hydrogen-bond acceptors (Lipinski definition) is 0. The Morgan fingerprint density at radius 2 is 0.914 bits per heavy atom. The first-order valence-corrected chi connectivity index (χ1v) is 22.0. The Kier molecular flexibility index (Phi) is 13.1. The van der Waals surface area contributed by atoms with Crippen molar-refractivity contribution in [2.45, 2.75) is 97.3 Å². The van der Waals surface area contributed by atoms with Gasteiger partial charge in [0.1, 0.15) is 0 Å². The minimum Gasteiger partial charge on any atom is -0.214 e. The van der Waals surface area contributed by atoms with Crippen molar-refractivity contribution in [1.82, 2.24) is 0 Å². The van der Waals surface area contributed by atoms with Crippen LogP contribution in [0.2, 0.25) is 0 Å². The van der Waals surface area contributed by atoms with E-state index in [9.17, 15) is 0 Å². The maximum atomic E-state index is 3.88. The van der Waals surface area contributed by atoms with E-state index in [0.29, 0.717) is 0 Å². The zero-order valence-electron chi connectivity index (χ0n) is 36.4. The zero-order chi connectivity index (χ0) is 41.7. The van der Waals surface area contributed by atoms with Crippen LogP contribution in [0.15, 0.2) is 170 Å². The predicted octanol–water partition coefficient (Wildman–Crippen LogP) is 15.1. The molecule has 1 aliphatic carbocycles. The van der Waals surface area contributed by atoms with Gasteiger partial charge in [-0.3, -0.25) is 0 Å². The molecule has 0 N–H and O–H groups in total. The minimum atomic E-state index is 0.0380. The Labute approximate surface area is 365 Å². The monoisotopic (exact) mass is 834 g/mol. The molecule has 0 fully saturated rings. The summed E-state index contributed by atoms with van der Waals surface area (Å²) in [6.45, 7) is 23.3. The van der Waals surface area contributed by atoms with Crippen LogP contribution >= 0.6 is 0 Å². The van der Waals surface area contributed by atoms with Gasteiger partial charge in [0.25, 0.3) is 0 Å². The van der Waals surface area contributed by atoms with Gasteiger partial charge in [-0.25, -0.2) is 12.1 Å². The molecular formula is C57H60Zr. The fourth-order valence-corrected chi connectivity index (χ4v) is 8.91. The summed E-state index contributed by atoms with van der Waals surface area (Å²) in [5.41, 5.74) is 16.5. The van der Waals surface area contributed by atoms with Crippen LogP contribution in [0.5, 0.6) is 0 Å². The standard InChI is InChI=1S/C33H33.C19H22.C5H5.Zr/c1-32(2,3)30-20-26-24(18-28(30)22-13-9-7-10-14-22)17-25-19-29(23-15-11-8-12-16-23)31(21-27(25)26)33(4,5)6;1-18(2,16-11-7-5-8-12-16)15-19(3,4)17-13-9-6-10-14-17;1-2-4-5-3-1;/h7-16,18,20-21H,17H2,1-6H3;5-14H,1-4H3;1-5H;/q-1;;-1;+2. The second-order valence-corrected chi connectivity index (χ2v) is 20.0. The van der Waals surface area contributed by atoms with Crippen LogP contribution in [0.4, 0.5) is 0 Å². The number of hydrogen-bond donors (Lipinski definition) is 0. The maximum Gasteiger partial charge on any atom is -0.172 e. The maximum absolute atomic E-state index is 3.88. The summed E-state index contributed by atoms with van der Waals surface area (Å²) in [6.07, 6.45) is 0.944. The summed E-state index contributed by atoms with van der Waals surface area (Å²) in [7, 11) is 0. The summed E-state index contributed by atoms with van der Waals surface area (Å²) in [4.78, 5) is 0. The molecule has 0 heterocycles. The normalized spacial score (nSPS) is 12.3. The van der Waals surface area contributed by atoms with Crippen LogP contribution in [0.3, 0.4) is 0 Å². The van der Waals surface area contributed by atoms with Gasteiger partial charge in [-0.1, -0.05) is 131 Å². The SMILES string of the molecule is CC(C)(C)c1cc2c([c-]c1-c1ccccc1)Cc1cc(-c3ccccc3)c(C(C)(C)C)cc1-2.CC(C)([C](=[Zr+2])C(C)(C)c1ccccc1)c1ccccc1.c1cc[cH-]c1. The van der Waals surface area contributed by atoms with Gasteiger partial charge in [-0.05, 0) is 39.5 Å². The van der Waals surface area contributed by atoms with Crippen LogP contribution in [-0.2, 0) is 52.3 Å². The third kappa shape index (κ3) is 9.65. The van der Waals surface area contributed by atoms with Gasteiger partial charge >= 0.3 is 138 Å². The molecule has 7 aromatic carbocycles. The second-order valence-electron chi connectivity index (χ2n) is 18.7. The summed E-state index contributed by atoms with van der Waals surface area (Å²) >= 11 is 1.51. The van der Waals surface area contributed by atoms with E-state index < -0.39 is 0 Å². The first-order chi connectivity index (χ1) is 27.5. The van der Waals surface area contributed by atoms with Gasteiger partial charge in [0.05, 0.1) is 0 Å². The van der Waals surface area contributed by atoms with Crippen LogP contribution in [0.1, 0.15) is 103 Å². The molecular weight excluding hydrogens is 776 g/mol. The number of benzene rings is 6. The van der Waals surface area contributed by atoms with Crippen molar-refractivity contribution in [3.05, 3.63) is 209 Å². The average molecular weight is 836 g/mol. The van der Waals surface area contributed by atoms with E-state index in [1.54, 1.807) is 3.21 Å². The quantitative estimate of drug-likeness (QED) is 0.146. The fourth-order valence-electron chi connectivity index (χ4n) is 8.20. The van der Waals surface area contributed by atoms with Crippen LogP contribution < -0.4 is 0 Å². The van der Waals surface area contributed by atoms with Crippen molar-refractivity contribution in [3.8, 4) is 33.4 Å². The summed E-state index contributed by atoms with van der Waals surface area (Å²) in [5, 5.41) is 0. The minimum absolute atomic E-state index is 0.0380. The van der Waals surface area contributed by atoms with E-state index in [-0.39, 0.29) is 21.7 Å². The topological polar surface area (TPSA) is 0 Å². The molecule has 0 atom stereocenters. The fraction of sp³-hybridized carbons (Fsp3) is 0.263. The first kappa shape index (κ1) is 43.0. The van der Waals surface area contributed by atoms with E-state index in [0.717, 1.165) is 6.42 Å². The number of rotatable bonds is 6. The smallest absolute Gasteiger partial charge is 0.172 e. The zero-order valence-corrected chi connectivity index (χ0v) is 38.8. The Morgan fingerprint density at radius 1 is 0.483 bits per heavy atom. The molecule has 0 nitrogen and oxygen atoms in total. The Hall–Kier alpha value is -4.58. The van der Waals surface area contributed by atoms with Gasteiger partial charge < -0.3 is 0 Å². The Bertz CT molecular complexity index is 2220. The van der Waals surface area contributed by atoms with E-state index in [4.69, 9.17) is 0 Å². The first-order valence-electron chi connectivity index (χ1n) is 20.7. The molecule has 0 aliphatic heterocycles. The van der Waals surface area contributed by atoms with Crippen molar-refractivity contribution in [2.75, 3.05) is 0 Å². The molecule has 1 heteroatoms. The Morgan fingerprint density at radius 3 is 1.34 bits per heavy atom.